The summed E-state index contributed by atoms with van der Waals surface area (Å²) >= 11 is 0. The number of carbonyl (C=O) groups excluding carboxylic acids is 1. The fourth-order valence-corrected chi connectivity index (χ4v) is 1.20. The first-order valence-electron chi connectivity index (χ1n) is 6.33. The summed E-state index contributed by atoms with van der Waals surface area (Å²) in [4.78, 5) is 11.7. The molecule has 0 bridgehead atoms. The van der Waals surface area contributed by atoms with Gasteiger partial charge in [-0.1, -0.05) is 13.8 Å². The average molecular weight is 244 g/mol. The highest BCUT2D eigenvalue weighted by Crippen LogP contribution is 2.20. The number of aliphatic hydroxyl groups is 1. The van der Waals surface area contributed by atoms with Gasteiger partial charge in [0.25, 0.3) is 0 Å². The molecule has 0 aliphatic heterocycles. The third-order valence-corrected chi connectivity index (χ3v) is 3.11. The number of nitrogens with one attached hydrogen (secondary N) is 2. The van der Waals surface area contributed by atoms with Gasteiger partial charge in [-0.2, -0.15) is 0 Å². The number of rotatable bonds is 7. The molecule has 0 spiro atoms. The Morgan fingerprint density at radius 1 is 1.24 bits per heavy atom. The van der Waals surface area contributed by atoms with Crippen molar-refractivity contribution < 1.29 is 9.90 Å². The second kappa shape index (κ2) is 6.36. The van der Waals surface area contributed by atoms with E-state index in [4.69, 9.17) is 0 Å². The predicted octanol–water partition coefficient (Wildman–Crippen LogP) is 1.43. The monoisotopic (exact) mass is 244 g/mol. The summed E-state index contributed by atoms with van der Waals surface area (Å²) in [6, 6.07) is 0.450. The van der Waals surface area contributed by atoms with Crippen LogP contribution in [0.1, 0.15) is 54.4 Å². The zero-order chi connectivity index (χ0) is 13.7. The van der Waals surface area contributed by atoms with Crippen LogP contribution in [-0.2, 0) is 4.79 Å². The van der Waals surface area contributed by atoms with Crippen LogP contribution in [0.3, 0.4) is 0 Å². The Labute approximate surface area is 105 Å². The lowest BCUT2D eigenvalue weighted by Crippen LogP contribution is -2.57. The Kier molecular flexibility index (Phi) is 6.13. The number of hydrogen-bond donors (Lipinski definition) is 3. The molecule has 0 atom stereocenters. The highest BCUT2D eigenvalue weighted by molar-refractivity contribution is 5.76. The van der Waals surface area contributed by atoms with Gasteiger partial charge in [0.2, 0.25) is 5.91 Å². The van der Waals surface area contributed by atoms with Gasteiger partial charge in [-0.15, -0.1) is 0 Å². The first kappa shape index (κ1) is 16.4. The molecule has 0 aliphatic rings. The maximum atomic E-state index is 11.7. The smallest absolute Gasteiger partial charge is 0.220 e. The molecule has 102 valence electrons. The summed E-state index contributed by atoms with van der Waals surface area (Å²) in [5, 5.41) is 16.0. The Bertz CT molecular complexity index is 242. The van der Waals surface area contributed by atoms with Crippen LogP contribution in [0.25, 0.3) is 0 Å². The average Bonchev–Trinajstić information content (AvgIpc) is 2.09. The first-order chi connectivity index (χ1) is 7.56. The summed E-state index contributed by atoms with van der Waals surface area (Å²) in [6.07, 6.45) is 1.30. The largest absolute Gasteiger partial charge is 0.388 e. The van der Waals surface area contributed by atoms with Crippen molar-refractivity contribution in [3.8, 4) is 0 Å². The van der Waals surface area contributed by atoms with E-state index in [-0.39, 0.29) is 5.91 Å². The van der Waals surface area contributed by atoms with Crippen molar-refractivity contribution in [2.24, 2.45) is 0 Å². The van der Waals surface area contributed by atoms with Crippen molar-refractivity contribution >= 4 is 5.91 Å². The molecule has 0 aromatic heterocycles. The van der Waals surface area contributed by atoms with Gasteiger partial charge in [-0.05, 0) is 40.7 Å². The molecule has 0 aromatic rings. The molecular formula is C13H28N2O2. The molecule has 4 nitrogen and oxygen atoms in total. The van der Waals surface area contributed by atoms with Crippen molar-refractivity contribution in [2.45, 2.75) is 71.6 Å². The molecule has 4 heteroatoms. The molecule has 17 heavy (non-hydrogen) atoms. The summed E-state index contributed by atoms with van der Waals surface area (Å²) in [5.74, 6) is -0.0114. The van der Waals surface area contributed by atoms with Crippen molar-refractivity contribution in [2.75, 3.05) is 6.54 Å². The van der Waals surface area contributed by atoms with Crippen molar-refractivity contribution in [1.82, 2.24) is 10.6 Å². The minimum absolute atomic E-state index is 0.0114. The van der Waals surface area contributed by atoms with Gasteiger partial charge in [0.05, 0.1) is 11.1 Å². The molecule has 0 rings (SSSR count). The van der Waals surface area contributed by atoms with E-state index in [1.807, 2.05) is 13.8 Å². The lowest BCUT2D eigenvalue weighted by molar-refractivity contribution is -0.126. The second-order valence-electron chi connectivity index (χ2n) is 5.94. The molecule has 0 aliphatic carbocycles. The molecule has 0 radical (unpaired) electrons. The van der Waals surface area contributed by atoms with Gasteiger partial charge in [0, 0.05) is 12.5 Å². The van der Waals surface area contributed by atoms with Gasteiger partial charge in [-0.25, -0.2) is 0 Å². The normalized spacial score (nSPS) is 12.9. The lowest BCUT2D eigenvalue weighted by atomic mass is 9.86. The van der Waals surface area contributed by atoms with E-state index in [0.29, 0.717) is 12.5 Å². The zero-order valence-corrected chi connectivity index (χ0v) is 12.1. The number of amides is 1. The van der Waals surface area contributed by atoms with Gasteiger partial charge >= 0.3 is 0 Å². The Balaban J connectivity index is 3.95. The topological polar surface area (TPSA) is 61.4 Å². The van der Waals surface area contributed by atoms with Crippen LogP contribution in [0.4, 0.5) is 0 Å². The number of carbonyl (C=O) groups is 1. The van der Waals surface area contributed by atoms with Gasteiger partial charge in [-0.3, -0.25) is 4.79 Å². The number of hydrogen-bond acceptors (Lipinski definition) is 3. The summed E-state index contributed by atoms with van der Waals surface area (Å²) in [7, 11) is 0. The standard InChI is InChI=1S/C13H28N2O2/c1-10(2)14-9-7-8-11(16)15-12(3,4)13(5,6)17/h10,14,17H,7-9H2,1-6H3,(H,15,16). The zero-order valence-electron chi connectivity index (χ0n) is 12.1. The Morgan fingerprint density at radius 3 is 2.18 bits per heavy atom. The lowest BCUT2D eigenvalue weighted by Gasteiger charge is -2.38. The van der Waals surface area contributed by atoms with E-state index >= 15 is 0 Å². The van der Waals surface area contributed by atoms with E-state index in [9.17, 15) is 9.90 Å². The molecule has 0 fully saturated rings. The SMILES string of the molecule is CC(C)NCCCC(=O)NC(C)(C)C(C)(C)O. The van der Waals surface area contributed by atoms with Crippen LogP contribution in [0.5, 0.6) is 0 Å². The van der Waals surface area contributed by atoms with E-state index in [2.05, 4.69) is 24.5 Å². The maximum absolute atomic E-state index is 11.7. The predicted molar refractivity (Wildman–Crippen MR) is 70.9 cm³/mol. The molecular weight excluding hydrogens is 216 g/mol. The second-order valence-corrected chi connectivity index (χ2v) is 5.94. The van der Waals surface area contributed by atoms with E-state index < -0.39 is 11.1 Å². The van der Waals surface area contributed by atoms with Crippen LogP contribution in [0.2, 0.25) is 0 Å². The maximum Gasteiger partial charge on any atom is 0.220 e. The van der Waals surface area contributed by atoms with Gasteiger partial charge in [0.15, 0.2) is 0 Å². The molecule has 1 amide bonds. The van der Waals surface area contributed by atoms with Crippen molar-refractivity contribution in [1.29, 1.82) is 0 Å². The quantitative estimate of drug-likeness (QED) is 0.594. The fraction of sp³-hybridized carbons (Fsp3) is 0.923. The summed E-state index contributed by atoms with van der Waals surface area (Å²) < 4.78 is 0. The summed E-state index contributed by atoms with van der Waals surface area (Å²) in [6.45, 7) is 12.1. The first-order valence-corrected chi connectivity index (χ1v) is 6.33. The fourth-order valence-electron chi connectivity index (χ4n) is 1.20. The highest BCUT2D eigenvalue weighted by Gasteiger charge is 2.35. The Hall–Kier alpha value is -0.610. The molecule has 0 saturated carbocycles. The molecule has 3 N–H and O–H groups in total. The van der Waals surface area contributed by atoms with Crippen LogP contribution < -0.4 is 10.6 Å². The molecule has 0 heterocycles. The molecule has 0 aromatic carbocycles. The van der Waals surface area contributed by atoms with E-state index in [1.54, 1.807) is 13.8 Å². The van der Waals surface area contributed by atoms with Crippen LogP contribution in [0.15, 0.2) is 0 Å². The van der Waals surface area contributed by atoms with Crippen LogP contribution >= 0.6 is 0 Å². The van der Waals surface area contributed by atoms with Gasteiger partial charge in [0.1, 0.15) is 0 Å². The van der Waals surface area contributed by atoms with Crippen molar-refractivity contribution in [3.05, 3.63) is 0 Å². The van der Waals surface area contributed by atoms with E-state index in [0.717, 1.165) is 13.0 Å². The van der Waals surface area contributed by atoms with Gasteiger partial charge < -0.3 is 15.7 Å². The van der Waals surface area contributed by atoms with Crippen molar-refractivity contribution in [3.63, 3.8) is 0 Å². The van der Waals surface area contributed by atoms with Crippen LogP contribution in [0, 0.1) is 0 Å². The molecule has 0 saturated heterocycles. The third kappa shape index (κ3) is 6.64. The summed E-state index contributed by atoms with van der Waals surface area (Å²) in [5.41, 5.74) is -1.55. The third-order valence-electron chi connectivity index (χ3n) is 3.11. The highest BCUT2D eigenvalue weighted by atomic mass is 16.3. The Morgan fingerprint density at radius 2 is 1.76 bits per heavy atom. The molecule has 0 unspecified atom stereocenters. The van der Waals surface area contributed by atoms with E-state index in [1.165, 1.54) is 0 Å². The minimum atomic E-state index is -0.932. The minimum Gasteiger partial charge on any atom is -0.388 e. The van der Waals surface area contributed by atoms with Crippen LogP contribution in [-0.4, -0.2) is 34.7 Å².